The van der Waals surface area contributed by atoms with Crippen molar-refractivity contribution >= 4 is 28.4 Å². The molecule has 1 saturated heterocycles. The van der Waals surface area contributed by atoms with Crippen LogP contribution in [-0.4, -0.2) is 60.4 Å². The predicted octanol–water partition coefficient (Wildman–Crippen LogP) is 2.39. The second kappa shape index (κ2) is 8.34. The fourth-order valence-corrected chi connectivity index (χ4v) is 4.59. The number of benzene rings is 1. The maximum Gasteiger partial charge on any atom is 0.343 e. The summed E-state index contributed by atoms with van der Waals surface area (Å²) < 4.78 is 28.1. The van der Waals surface area contributed by atoms with Gasteiger partial charge in [-0.1, -0.05) is 0 Å². The summed E-state index contributed by atoms with van der Waals surface area (Å²) in [6.07, 6.45) is 7.29. The Morgan fingerprint density at radius 1 is 1.21 bits per heavy atom. The van der Waals surface area contributed by atoms with E-state index in [4.69, 9.17) is 9.47 Å². The van der Waals surface area contributed by atoms with Crippen molar-refractivity contribution in [1.29, 1.82) is 0 Å². The molecule has 0 bridgehead atoms. The smallest absolute Gasteiger partial charge is 0.343 e. The lowest BCUT2D eigenvalue weighted by Gasteiger charge is -2.32. The number of hydrogen-bond acceptors (Lipinski definition) is 8. The number of hydrogen-bond donors (Lipinski definition) is 0. The molecule has 0 aliphatic carbocycles. The Hall–Kier alpha value is -3.69. The van der Waals surface area contributed by atoms with E-state index in [0.717, 1.165) is 18.8 Å². The third kappa shape index (κ3) is 3.55. The zero-order valence-electron chi connectivity index (χ0n) is 18.5. The first kappa shape index (κ1) is 21.2. The number of rotatable bonds is 3. The second-order valence-electron chi connectivity index (χ2n) is 8.25. The zero-order valence-corrected chi connectivity index (χ0v) is 18.5. The molecule has 5 rings (SSSR count). The van der Waals surface area contributed by atoms with Crippen molar-refractivity contribution in [2.75, 3.05) is 49.7 Å². The number of carbonyl (C=O) groups excluding carboxylic acids is 1. The number of carbonyl (C=O) groups is 1. The topological polar surface area (TPSA) is 89.8 Å². The van der Waals surface area contributed by atoms with Gasteiger partial charge in [-0.15, -0.1) is 0 Å². The van der Waals surface area contributed by atoms with E-state index in [9.17, 15) is 9.59 Å². The summed E-state index contributed by atoms with van der Waals surface area (Å²) in [7, 11) is 1.22. The van der Waals surface area contributed by atoms with Gasteiger partial charge in [-0.3, -0.25) is 9.78 Å². The molecule has 33 heavy (non-hydrogen) atoms. The standard InChI is InChI=1S/C23H24FN5O4/c1-14-13-33-22-19-15(21(30)16(12-29(14)19)23(31)32-2)10-17(24)20(22)28-7-3-6-27(8-9-28)18-11-25-4-5-26-18/h4-5,10-12,14H,3,6-9,13H2,1-2H3/t14-/m0/s1. The first-order valence-corrected chi connectivity index (χ1v) is 10.9. The van der Waals surface area contributed by atoms with Crippen molar-refractivity contribution < 1.29 is 18.7 Å². The minimum Gasteiger partial charge on any atom is -0.487 e. The molecule has 1 atom stereocenters. The summed E-state index contributed by atoms with van der Waals surface area (Å²) in [6, 6.07) is 1.07. The maximum absolute atomic E-state index is 15.5. The lowest BCUT2D eigenvalue weighted by atomic mass is 10.1. The van der Waals surface area contributed by atoms with E-state index >= 15 is 4.39 Å². The lowest BCUT2D eigenvalue weighted by molar-refractivity contribution is 0.0598. The van der Waals surface area contributed by atoms with Crippen LogP contribution in [0.3, 0.4) is 0 Å². The maximum atomic E-state index is 15.5. The highest BCUT2D eigenvalue weighted by atomic mass is 19.1. The summed E-state index contributed by atoms with van der Waals surface area (Å²) in [5.74, 6) is -0.170. The van der Waals surface area contributed by atoms with Crippen LogP contribution in [0.5, 0.6) is 5.75 Å². The molecule has 3 aromatic rings. The van der Waals surface area contributed by atoms with Gasteiger partial charge in [-0.2, -0.15) is 0 Å². The molecular weight excluding hydrogens is 429 g/mol. The van der Waals surface area contributed by atoms with Crippen LogP contribution in [0.15, 0.2) is 35.6 Å². The molecule has 172 valence electrons. The predicted molar refractivity (Wildman–Crippen MR) is 121 cm³/mol. The summed E-state index contributed by atoms with van der Waals surface area (Å²) in [6.45, 7) is 4.79. The molecule has 0 spiro atoms. The van der Waals surface area contributed by atoms with Crippen LogP contribution in [-0.2, 0) is 4.74 Å². The van der Waals surface area contributed by atoms with Gasteiger partial charge in [0.1, 0.15) is 23.7 Å². The molecule has 2 aliphatic rings. The second-order valence-corrected chi connectivity index (χ2v) is 8.25. The Morgan fingerprint density at radius 3 is 2.76 bits per heavy atom. The molecule has 1 aromatic carbocycles. The Labute approximate surface area is 189 Å². The third-order valence-electron chi connectivity index (χ3n) is 6.23. The summed E-state index contributed by atoms with van der Waals surface area (Å²) in [5, 5.41) is 0.108. The fraction of sp³-hybridized carbons (Fsp3) is 0.391. The molecule has 2 aliphatic heterocycles. The largest absolute Gasteiger partial charge is 0.487 e. The van der Waals surface area contributed by atoms with Crippen molar-refractivity contribution in [3.05, 3.63) is 52.5 Å². The van der Waals surface area contributed by atoms with E-state index in [0.29, 0.717) is 43.2 Å². The average molecular weight is 453 g/mol. The number of esters is 1. The third-order valence-corrected chi connectivity index (χ3v) is 6.23. The van der Waals surface area contributed by atoms with Crippen LogP contribution in [0, 0.1) is 5.82 Å². The number of pyridine rings is 1. The van der Waals surface area contributed by atoms with Crippen molar-refractivity contribution in [2.24, 2.45) is 0 Å². The molecule has 1 fully saturated rings. The van der Waals surface area contributed by atoms with E-state index in [1.54, 1.807) is 18.6 Å². The number of methoxy groups -OCH3 is 1. The summed E-state index contributed by atoms with van der Waals surface area (Å²) in [5.41, 5.74) is 0.153. The van der Waals surface area contributed by atoms with Gasteiger partial charge in [0.2, 0.25) is 5.43 Å². The van der Waals surface area contributed by atoms with Crippen LogP contribution in [0.1, 0.15) is 29.7 Å². The Kier molecular flexibility index (Phi) is 5.35. The van der Waals surface area contributed by atoms with Gasteiger partial charge >= 0.3 is 5.97 Å². The SMILES string of the molecule is COC(=O)c1cn2c3c(c(N4CCCN(c5cnccn5)CC4)c(F)cc3c1=O)OC[C@@H]2C. The van der Waals surface area contributed by atoms with Crippen molar-refractivity contribution in [2.45, 2.75) is 19.4 Å². The van der Waals surface area contributed by atoms with Crippen molar-refractivity contribution in [3.8, 4) is 5.75 Å². The molecular formula is C23H24FN5O4. The first-order valence-electron chi connectivity index (χ1n) is 10.9. The van der Waals surface area contributed by atoms with Crippen LogP contribution in [0.2, 0.25) is 0 Å². The van der Waals surface area contributed by atoms with E-state index in [-0.39, 0.29) is 17.0 Å². The van der Waals surface area contributed by atoms with E-state index < -0.39 is 17.2 Å². The van der Waals surface area contributed by atoms with Crippen LogP contribution >= 0.6 is 0 Å². The molecule has 0 unspecified atom stereocenters. The molecule has 0 saturated carbocycles. The average Bonchev–Trinajstić information content (AvgIpc) is 3.08. The molecule has 0 radical (unpaired) electrons. The van der Waals surface area contributed by atoms with E-state index in [1.807, 2.05) is 16.4 Å². The van der Waals surface area contributed by atoms with E-state index in [1.165, 1.54) is 19.4 Å². The van der Waals surface area contributed by atoms with E-state index in [2.05, 4.69) is 14.9 Å². The highest BCUT2D eigenvalue weighted by Gasteiger charge is 2.31. The summed E-state index contributed by atoms with van der Waals surface area (Å²) in [4.78, 5) is 37.8. The van der Waals surface area contributed by atoms with Gasteiger partial charge in [0.25, 0.3) is 0 Å². The number of ether oxygens (including phenoxy) is 2. The van der Waals surface area contributed by atoms with Crippen molar-refractivity contribution in [1.82, 2.24) is 14.5 Å². The number of aromatic nitrogens is 3. The summed E-state index contributed by atoms with van der Waals surface area (Å²) >= 11 is 0. The fourth-order valence-electron chi connectivity index (χ4n) is 4.59. The van der Waals surface area contributed by atoms with Crippen LogP contribution in [0.25, 0.3) is 10.9 Å². The normalized spacial score (nSPS) is 18.1. The highest BCUT2D eigenvalue weighted by Crippen LogP contribution is 2.42. The molecule has 0 N–H and O–H groups in total. The Bertz CT molecular complexity index is 1280. The van der Waals surface area contributed by atoms with Crippen LogP contribution < -0.4 is 20.0 Å². The van der Waals surface area contributed by atoms with Gasteiger partial charge in [0.05, 0.1) is 30.3 Å². The first-order chi connectivity index (χ1) is 16.0. The van der Waals surface area contributed by atoms with Gasteiger partial charge in [-0.05, 0) is 19.4 Å². The molecule has 4 heterocycles. The van der Waals surface area contributed by atoms with Gasteiger partial charge in [0, 0.05) is 44.8 Å². The number of anilines is 2. The number of nitrogens with zero attached hydrogens (tertiary/aromatic N) is 5. The quantitative estimate of drug-likeness (QED) is 0.559. The Morgan fingerprint density at radius 2 is 2.00 bits per heavy atom. The van der Waals surface area contributed by atoms with Crippen molar-refractivity contribution in [3.63, 3.8) is 0 Å². The van der Waals surface area contributed by atoms with Gasteiger partial charge in [0.15, 0.2) is 11.6 Å². The van der Waals surface area contributed by atoms with Crippen LogP contribution in [0.4, 0.5) is 15.9 Å². The molecule has 0 amide bonds. The number of halogens is 1. The lowest BCUT2D eigenvalue weighted by Crippen LogP contribution is -2.33. The van der Waals surface area contributed by atoms with Gasteiger partial charge in [-0.25, -0.2) is 14.2 Å². The van der Waals surface area contributed by atoms with Gasteiger partial charge < -0.3 is 23.8 Å². The minimum atomic E-state index is -0.744. The molecule has 9 nitrogen and oxygen atoms in total. The molecule has 10 heteroatoms. The minimum absolute atomic E-state index is 0.108. The Balaban J connectivity index is 1.60. The highest BCUT2D eigenvalue weighted by molar-refractivity contribution is 5.97. The zero-order chi connectivity index (χ0) is 23.1. The monoisotopic (exact) mass is 453 g/mol. The molecule has 2 aromatic heterocycles.